The minimum absolute atomic E-state index is 0.739. The summed E-state index contributed by atoms with van der Waals surface area (Å²) in [5.74, 6) is 0. The summed E-state index contributed by atoms with van der Waals surface area (Å²) < 4.78 is 1.70. The molecule has 3 aromatic heterocycles. The summed E-state index contributed by atoms with van der Waals surface area (Å²) in [5.41, 5.74) is 2.31. The molecule has 0 aromatic carbocycles. The standard InChI is InChI=1S/C11H8N6/c1-4-17(9-5-13-8-14-6-9)16-10(1)11-7-12-2-3-15-11/h1-8H. The normalized spacial score (nSPS) is 10.4. The van der Waals surface area contributed by atoms with E-state index in [1.54, 1.807) is 35.7 Å². The minimum Gasteiger partial charge on any atom is -0.261 e. The highest BCUT2D eigenvalue weighted by molar-refractivity contribution is 5.52. The number of aromatic nitrogens is 6. The van der Waals surface area contributed by atoms with E-state index in [1.165, 1.54) is 6.33 Å². The highest BCUT2D eigenvalue weighted by Gasteiger charge is 2.04. The van der Waals surface area contributed by atoms with Gasteiger partial charge in [0.1, 0.15) is 23.4 Å². The lowest BCUT2D eigenvalue weighted by Gasteiger charge is -1.98. The van der Waals surface area contributed by atoms with E-state index in [9.17, 15) is 0 Å². The Morgan fingerprint density at radius 3 is 2.53 bits per heavy atom. The van der Waals surface area contributed by atoms with Crippen molar-refractivity contribution in [2.45, 2.75) is 0 Å². The lowest BCUT2D eigenvalue weighted by molar-refractivity contribution is 0.865. The molecule has 0 N–H and O–H groups in total. The van der Waals surface area contributed by atoms with Crippen LogP contribution in [0.25, 0.3) is 17.1 Å². The number of nitrogens with zero attached hydrogens (tertiary/aromatic N) is 6. The summed E-state index contributed by atoms with van der Waals surface area (Å²) in [4.78, 5) is 16.1. The molecule has 82 valence electrons. The molecule has 0 amide bonds. The summed E-state index contributed by atoms with van der Waals surface area (Å²) in [7, 11) is 0. The van der Waals surface area contributed by atoms with Crippen LogP contribution in [0.3, 0.4) is 0 Å². The molecule has 6 nitrogen and oxygen atoms in total. The molecule has 0 atom stereocenters. The zero-order valence-electron chi connectivity index (χ0n) is 8.80. The first-order chi connectivity index (χ1) is 8.43. The number of rotatable bonds is 2. The quantitative estimate of drug-likeness (QED) is 0.652. The fraction of sp³-hybridized carbons (Fsp3) is 0. The van der Waals surface area contributed by atoms with Gasteiger partial charge in [0.05, 0.1) is 18.6 Å². The van der Waals surface area contributed by atoms with E-state index in [1.807, 2.05) is 12.3 Å². The third-order valence-electron chi connectivity index (χ3n) is 2.23. The Labute approximate surface area is 97.0 Å². The Morgan fingerprint density at radius 2 is 1.76 bits per heavy atom. The van der Waals surface area contributed by atoms with Crippen molar-refractivity contribution in [3.63, 3.8) is 0 Å². The molecule has 6 heteroatoms. The highest BCUT2D eigenvalue weighted by Crippen LogP contribution is 2.13. The van der Waals surface area contributed by atoms with Crippen molar-refractivity contribution in [3.05, 3.63) is 49.6 Å². The smallest absolute Gasteiger partial charge is 0.115 e. The van der Waals surface area contributed by atoms with Crippen molar-refractivity contribution in [2.75, 3.05) is 0 Å². The predicted octanol–water partition coefficient (Wildman–Crippen LogP) is 1.12. The van der Waals surface area contributed by atoms with E-state index in [4.69, 9.17) is 0 Å². The van der Waals surface area contributed by atoms with E-state index < -0.39 is 0 Å². The van der Waals surface area contributed by atoms with Gasteiger partial charge in [-0.1, -0.05) is 0 Å². The van der Waals surface area contributed by atoms with Crippen LogP contribution in [0.15, 0.2) is 49.6 Å². The molecular formula is C11H8N6. The third-order valence-corrected chi connectivity index (χ3v) is 2.23. The maximum atomic E-state index is 4.38. The van der Waals surface area contributed by atoms with Gasteiger partial charge in [-0.15, -0.1) is 0 Å². The summed E-state index contributed by atoms with van der Waals surface area (Å²) in [6, 6.07) is 1.87. The second-order valence-electron chi connectivity index (χ2n) is 3.33. The molecule has 0 aliphatic rings. The van der Waals surface area contributed by atoms with Crippen LogP contribution in [-0.4, -0.2) is 29.7 Å². The van der Waals surface area contributed by atoms with E-state index in [0.717, 1.165) is 17.1 Å². The average Bonchev–Trinajstić information content (AvgIpc) is 2.90. The van der Waals surface area contributed by atoms with Crippen molar-refractivity contribution < 1.29 is 0 Å². The van der Waals surface area contributed by atoms with Gasteiger partial charge >= 0.3 is 0 Å². The van der Waals surface area contributed by atoms with E-state index in [0.29, 0.717) is 0 Å². The molecule has 0 bridgehead atoms. The van der Waals surface area contributed by atoms with Crippen molar-refractivity contribution in [1.29, 1.82) is 0 Å². The van der Waals surface area contributed by atoms with Gasteiger partial charge < -0.3 is 0 Å². The highest BCUT2D eigenvalue weighted by atomic mass is 15.3. The second kappa shape index (κ2) is 4.09. The molecule has 0 aliphatic heterocycles. The topological polar surface area (TPSA) is 69.4 Å². The molecule has 3 heterocycles. The zero-order valence-corrected chi connectivity index (χ0v) is 8.80. The van der Waals surface area contributed by atoms with Crippen LogP contribution in [0.4, 0.5) is 0 Å². The maximum absolute atomic E-state index is 4.38. The lowest BCUT2D eigenvalue weighted by atomic mass is 10.3. The fourth-order valence-corrected chi connectivity index (χ4v) is 1.45. The molecule has 0 saturated heterocycles. The van der Waals surface area contributed by atoms with Crippen LogP contribution in [0, 0.1) is 0 Å². The van der Waals surface area contributed by atoms with E-state index in [2.05, 4.69) is 25.0 Å². The molecule has 0 aliphatic carbocycles. The molecule has 0 radical (unpaired) electrons. The largest absolute Gasteiger partial charge is 0.261 e. The Kier molecular flexibility index (Phi) is 2.31. The summed E-state index contributed by atoms with van der Waals surface area (Å²) >= 11 is 0. The Morgan fingerprint density at radius 1 is 0.882 bits per heavy atom. The van der Waals surface area contributed by atoms with Gasteiger partial charge in [0.25, 0.3) is 0 Å². The molecular weight excluding hydrogens is 216 g/mol. The van der Waals surface area contributed by atoms with Crippen LogP contribution < -0.4 is 0 Å². The molecule has 3 aromatic rings. The zero-order chi connectivity index (χ0) is 11.5. The maximum Gasteiger partial charge on any atom is 0.115 e. The van der Waals surface area contributed by atoms with Crippen molar-refractivity contribution in [2.24, 2.45) is 0 Å². The van der Waals surface area contributed by atoms with Crippen LogP contribution in [0.1, 0.15) is 0 Å². The van der Waals surface area contributed by atoms with Gasteiger partial charge in [0.15, 0.2) is 0 Å². The molecule has 0 fully saturated rings. The summed E-state index contributed by atoms with van der Waals surface area (Å²) in [6.07, 6.45) is 11.7. The summed E-state index contributed by atoms with van der Waals surface area (Å²) in [6.45, 7) is 0. The van der Waals surface area contributed by atoms with Crippen LogP contribution in [0.5, 0.6) is 0 Å². The average molecular weight is 224 g/mol. The van der Waals surface area contributed by atoms with Crippen LogP contribution in [0.2, 0.25) is 0 Å². The minimum atomic E-state index is 0.739. The van der Waals surface area contributed by atoms with Gasteiger partial charge in [-0.25, -0.2) is 14.6 Å². The van der Waals surface area contributed by atoms with Crippen molar-refractivity contribution in [1.82, 2.24) is 29.7 Å². The number of hydrogen-bond donors (Lipinski definition) is 0. The first-order valence-electron chi connectivity index (χ1n) is 5.01. The Hall–Kier alpha value is -2.63. The molecule has 17 heavy (non-hydrogen) atoms. The fourth-order valence-electron chi connectivity index (χ4n) is 1.45. The van der Waals surface area contributed by atoms with E-state index >= 15 is 0 Å². The SMILES string of the molecule is c1cnc(-c2ccn(-c3cncnc3)n2)cn1. The molecule has 3 rings (SSSR count). The van der Waals surface area contributed by atoms with Crippen LogP contribution in [-0.2, 0) is 0 Å². The summed E-state index contributed by atoms with van der Waals surface area (Å²) in [5, 5.41) is 4.38. The first-order valence-corrected chi connectivity index (χ1v) is 5.01. The number of hydrogen-bond acceptors (Lipinski definition) is 5. The third kappa shape index (κ3) is 1.87. The van der Waals surface area contributed by atoms with Gasteiger partial charge in [-0.05, 0) is 6.07 Å². The lowest BCUT2D eigenvalue weighted by Crippen LogP contribution is -1.96. The molecule has 0 saturated carbocycles. The predicted molar refractivity (Wildman–Crippen MR) is 60.2 cm³/mol. The van der Waals surface area contributed by atoms with Crippen molar-refractivity contribution >= 4 is 0 Å². The van der Waals surface area contributed by atoms with Gasteiger partial charge in [0, 0.05) is 18.6 Å². The molecule has 0 unspecified atom stereocenters. The monoisotopic (exact) mass is 224 g/mol. The van der Waals surface area contributed by atoms with Gasteiger partial charge in [0.2, 0.25) is 0 Å². The molecule has 0 spiro atoms. The Bertz CT molecular complexity index is 550. The van der Waals surface area contributed by atoms with Gasteiger partial charge in [-0.3, -0.25) is 9.97 Å². The van der Waals surface area contributed by atoms with Crippen LogP contribution >= 0.6 is 0 Å². The first kappa shape index (κ1) is 9.59. The van der Waals surface area contributed by atoms with E-state index in [-0.39, 0.29) is 0 Å². The second-order valence-corrected chi connectivity index (χ2v) is 3.33. The van der Waals surface area contributed by atoms with Gasteiger partial charge in [-0.2, -0.15) is 5.10 Å². The Balaban J connectivity index is 1.99. The van der Waals surface area contributed by atoms with Crippen molar-refractivity contribution in [3.8, 4) is 17.1 Å².